The van der Waals surface area contributed by atoms with Crippen molar-refractivity contribution in [2.75, 3.05) is 10.7 Å². The van der Waals surface area contributed by atoms with Crippen LogP contribution in [0, 0.1) is 0 Å². The summed E-state index contributed by atoms with van der Waals surface area (Å²) in [6.07, 6.45) is -4.85. The lowest BCUT2D eigenvalue weighted by Crippen LogP contribution is -2.32. The lowest BCUT2D eigenvalue weighted by atomic mass is 10.2. The van der Waals surface area contributed by atoms with Gasteiger partial charge >= 0.3 is 6.18 Å². The highest BCUT2D eigenvalue weighted by Gasteiger charge is 2.40. The molecule has 2 amide bonds. The smallest absolute Gasteiger partial charge is 0.416 e. The summed E-state index contributed by atoms with van der Waals surface area (Å²) in [5.41, 5.74) is -1.15. The number of amides is 2. The van der Waals surface area contributed by atoms with Crippen LogP contribution >= 0.6 is 11.8 Å². The van der Waals surface area contributed by atoms with Crippen LogP contribution in [0.15, 0.2) is 24.3 Å². The molecule has 0 bridgehead atoms. The first-order valence-electron chi connectivity index (χ1n) is 6.05. The third-order valence-electron chi connectivity index (χ3n) is 2.94. The summed E-state index contributed by atoms with van der Waals surface area (Å²) in [5, 5.41) is 9.45. The van der Waals surface area contributed by atoms with Crippen LogP contribution in [0.1, 0.15) is 12.0 Å². The number of carbonyl (C=O) groups is 3. The fourth-order valence-corrected chi connectivity index (χ4v) is 2.84. The van der Waals surface area contributed by atoms with Crippen LogP contribution < -0.4 is 10.0 Å². The molecule has 0 radical (unpaired) electrons. The molecule has 1 aliphatic heterocycles. The second kappa shape index (κ2) is 5.99. The molecule has 1 aromatic rings. The molecule has 0 saturated carbocycles. The second-order valence-corrected chi connectivity index (χ2v) is 5.68. The van der Waals surface area contributed by atoms with Crippen LogP contribution in [0.5, 0.6) is 0 Å². The SMILES string of the molecule is O=C([O-])CS[C@H]1CC(=O)N(c2cccc(C(F)(F)F)c2)C1=O. The van der Waals surface area contributed by atoms with Crippen molar-refractivity contribution in [1.82, 2.24) is 0 Å². The minimum atomic E-state index is -4.59. The average Bonchev–Trinajstić information content (AvgIpc) is 2.70. The molecule has 1 saturated heterocycles. The van der Waals surface area contributed by atoms with E-state index in [4.69, 9.17) is 0 Å². The lowest BCUT2D eigenvalue weighted by Gasteiger charge is -2.16. The monoisotopic (exact) mass is 332 g/mol. The van der Waals surface area contributed by atoms with Crippen molar-refractivity contribution in [2.24, 2.45) is 0 Å². The summed E-state index contributed by atoms with van der Waals surface area (Å²) in [4.78, 5) is 35.0. The molecule has 0 aliphatic carbocycles. The van der Waals surface area contributed by atoms with Crippen LogP contribution in [0.3, 0.4) is 0 Å². The lowest BCUT2D eigenvalue weighted by molar-refractivity contribution is -0.301. The predicted molar refractivity (Wildman–Crippen MR) is 69.8 cm³/mol. The third kappa shape index (κ3) is 3.41. The highest BCUT2D eigenvalue weighted by atomic mass is 32.2. The molecule has 1 fully saturated rings. The van der Waals surface area contributed by atoms with E-state index in [2.05, 4.69) is 0 Å². The minimum absolute atomic E-state index is 0.179. The second-order valence-electron chi connectivity index (χ2n) is 4.49. The Labute approximate surface area is 127 Å². The topological polar surface area (TPSA) is 77.5 Å². The molecule has 1 aliphatic rings. The number of carboxylic acid groups (broad SMARTS) is 1. The van der Waals surface area contributed by atoms with Crippen molar-refractivity contribution >= 4 is 35.2 Å². The standard InChI is InChI=1S/C13H10F3NO4S/c14-13(15,16)7-2-1-3-8(4-7)17-10(18)5-9(12(17)21)22-6-11(19)20/h1-4,9H,5-6H2,(H,19,20)/p-1/t9-/m0/s1. The van der Waals surface area contributed by atoms with Gasteiger partial charge in [0, 0.05) is 12.2 Å². The zero-order valence-corrected chi connectivity index (χ0v) is 11.7. The normalized spacial score (nSPS) is 18.9. The number of anilines is 1. The Hall–Kier alpha value is -2.03. The molecule has 1 heterocycles. The van der Waals surface area contributed by atoms with E-state index in [1.807, 2.05) is 0 Å². The van der Waals surface area contributed by atoms with E-state index in [1.54, 1.807) is 0 Å². The molecule has 9 heteroatoms. The number of carbonyl (C=O) groups excluding carboxylic acids is 3. The van der Waals surface area contributed by atoms with Gasteiger partial charge in [0.25, 0.3) is 0 Å². The zero-order valence-electron chi connectivity index (χ0n) is 10.9. The van der Waals surface area contributed by atoms with E-state index in [-0.39, 0.29) is 12.1 Å². The van der Waals surface area contributed by atoms with E-state index in [0.717, 1.165) is 12.1 Å². The summed E-state index contributed by atoms with van der Waals surface area (Å²) in [7, 11) is 0. The molecule has 22 heavy (non-hydrogen) atoms. The Morgan fingerprint density at radius 3 is 2.64 bits per heavy atom. The third-order valence-corrected chi connectivity index (χ3v) is 4.11. The Kier molecular flexibility index (Phi) is 4.45. The molecular weight excluding hydrogens is 323 g/mol. The van der Waals surface area contributed by atoms with E-state index in [1.165, 1.54) is 6.07 Å². The zero-order chi connectivity index (χ0) is 16.5. The minimum Gasteiger partial charge on any atom is -0.549 e. The van der Waals surface area contributed by atoms with Gasteiger partial charge in [-0.25, -0.2) is 4.90 Å². The van der Waals surface area contributed by atoms with Gasteiger partial charge in [-0.1, -0.05) is 6.07 Å². The number of nitrogens with zero attached hydrogens (tertiary/aromatic N) is 1. The van der Waals surface area contributed by atoms with Gasteiger partial charge in [-0.05, 0) is 18.2 Å². The highest BCUT2D eigenvalue weighted by molar-refractivity contribution is 8.01. The molecule has 0 N–H and O–H groups in total. The number of alkyl halides is 3. The molecule has 1 aromatic carbocycles. The molecule has 0 aromatic heterocycles. The van der Waals surface area contributed by atoms with Crippen LogP contribution in [0.25, 0.3) is 0 Å². The van der Waals surface area contributed by atoms with Gasteiger partial charge in [-0.2, -0.15) is 13.2 Å². The molecule has 5 nitrogen and oxygen atoms in total. The number of thioether (sulfide) groups is 1. The van der Waals surface area contributed by atoms with Gasteiger partial charge in [-0.15, -0.1) is 11.8 Å². The van der Waals surface area contributed by atoms with E-state index in [0.29, 0.717) is 22.7 Å². The van der Waals surface area contributed by atoms with E-state index in [9.17, 15) is 32.7 Å². The van der Waals surface area contributed by atoms with Crippen LogP contribution in [-0.4, -0.2) is 28.8 Å². The van der Waals surface area contributed by atoms with Crippen molar-refractivity contribution in [3.8, 4) is 0 Å². The molecule has 0 unspecified atom stereocenters. The first-order valence-corrected chi connectivity index (χ1v) is 7.10. The fraction of sp³-hybridized carbons (Fsp3) is 0.308. The van der Waals surface area contributed by atoms with Crippen molar-refractivity contribution in [3.63, 3.8) is 0 Å². The first kappa shape index (κ1) is 16.3. The van der Waals surface area contributed by atoms with Crippen LogP contribution in [-0.2, 0) is 20.6 Å². The Morgan fingerprint density at radius 1 is 1.36 bits per heavy atom. The van der Waals surface area contributed by atoms with E-state index >= 15 is 0 Å². The number of aliphatic carboxylic acids is 1. The molecule has 118 valence electrons. The largest absolute Gasteiger partial charge is 0.549 e. The summed E-state index contributed by atoms with van der Waals surface area (Å²) < 4.78 is 38.0. The Morgan fingerprint density at radius 2 is 2.05 bits per heavy atom. The number of benzene rings is 1. The van der Waals surface area contributed by atoms with Gasteiger partial charge < -0.3 is 9.90 Å². The summed E-state index contributed by atoms with van der Waals surface area (Å²) in [6.45, 7) is 0. The number of rotatable bonds is 4. The molecule has 1 atom stereocenters. The number of carboxylic acids is 1. The number of halogens is 3. The number of hydrogen-bond donors (Lipinski definition) is 0. The van der Waals surface area contributed by atoms with E-state index < -0.39 is 40.5 Å². The fourth-order valence-electron chi connectivity index (χ4n) is 2.00. The maximum absolute atomic E-state index is 12.7. The van der Waals surface area contributed by atoms with Gasteiger partial charge in [-0.3, -0.25) is 9.59 Å². The maximum Gasteiger partial charge on any atom is 0.416 e. The molecule has 0 spiro atoms. The maximum atomic E-state index is 12.7. The number of hydrogen-bond acceptors (Lipinski definition) is 5. The van der Waals surface area contributed by atoms with Gasteiger partial charge in [0.2, 0.25) is 11.8 Å². The molecular formula is C13H9F3NO4S-. The summed E-state index contributed by atoms with van der Waals surface area (Å²) in [5.74, 6) is -3.25. The molecule has 2 rings (SSSR count). The Bertz CT molecular complexity index is 632. The average molecular weight is 332 g/mol. The van der Waals surface area contributed by atoms with Crippen LogP contribution in [0.2, 0.25) is 0 Å². The summed E-state index contributed by atoms with van der Waals surface area (Å²) >= 11 is 0.716. The quantitative estimate of drug-likeness (QED) is 0.763. The van der Waals surface area contributed by atoms with Crippen molar-refractivity contribution < 1.29 is 32.7 Å². The van der Waals surface area contributed by atoms with Gasteiger partial charge in [0.15, 0.2) is 0 Å². The predicted octanol–water partition coefficient (Wildman–Crippen LogP) is 0.820. The van der Waals surface area contributed by atoms with Crippen LogP contribution in [0.4, 0.5) is 18.9 Å². The van der Waals surface area contributed by atoms with Crippen molar-refractivity contribution in [2.45, 2.75) is 17.8 Å². The van der Waals surface area contributed by atoms with Crippen molar-refractivity contribution in [3.05, 3.63) is 29.8 Å². The van der Waals surface area contributed by atoms with Gasteiger partial charge in [0.1, 0.15) is 0 Å². The summed E-state index contributed by atoms with van der Waals surface area (Å²) in [6, 6.07) is 3.86. The van der Waals surface area contributed by atoms with Crippen molar-refractivity contribution in [1.29, 1.82) is 0 Å². The van der Waals surface area contributed by atoms with Gasteiger partial charge in [0.05, 0.1) is 22.5 Å². The first-order chi connectivity index (χ1) is 10.2. The number of imide groups is 1. The highest BCUT2D eigenvalue weighted by Crippen LogP contribution is 2.34. The Balaban J connectivity index is 2.24.